The Kier molecular flexibility index (Phi) is 3.51. The Labute approximate surface area is 88.0 Å². The van der Waals surface area contributed by atoms with Gasteiger partial charge in [0.15, 0.2) is 11.5 Å². The van der Waals surface area contributed by atoms with Crippen molar-refractivity contribution in [3.8, 4) is 11.5 Å². The molecule has 0 spiro atoms. The molecule has 0 heterocycles. The van der Waals surface area contributed by atoms with Crippen molar-refractivity contribution in [2.75, 3.05) is 14.2 Å². The molecule has 1 amide bonds. The van der Waals surface area contributed by atoms with E-state index in [0.29, 0.717) is 17.1 Å². The fraction of sp³-hybridized carbons (Fsp3) is 0.300. The quantitative estimate of drug-likeness (QED) is 0.783. The number of benzene rings is 1. The van der Waals surface area contributed by atoms with Crippen molar-refractivity contribution >= 4 is 5.91 Å². The second kappa shape index (κ2) is 4.65. The van der Waals surface area contributed by atoms with Gasteiger partial charge in [-0.05, 0) is 17.7 Å². The van der Waals surface area contributed by atoms with Gasteiger partial charge < -0.3 is 15.2 Å². The van der Waals surface area contributed by atoms with E-state index in [-0.39, 0.29) is 0 Å². The van der Waals surface area contributed by atoms with E-state index in [1.165, 1.54) is 14.2 Å². The number of amides is 1. The third-order valence-corrected chi connectivity index (χ3v) is 2.05. The molecule has 0 saturated heterocycles. The molecule has 15 heavy (non-hydrogen) atoms. The lowest BCUT2D eigenvalue weighted by Crippen LogP contribution is -2.21. The number of carbonyl (C=O) groups is 1. The van der Waals surface area contributed by atoms with E-state index < -0.39 is 11.9 Å². The number of nitrogens with one attached hydrogen (secondary N) is 1. The standard InChI is InChI=1S/C10H13N2O3/c1-14-7-4-3-6(5-8(7)15-2)9(11)10(12)13/h3-5,9,12H,11H2,1-2H3. The number of ether oxygens (including phenoxy) is 2. The van der Waals surface area contributed by atoms with Crippen molar-refractivity contribution in [2.45, 2.75) is 6.04 Å². The summed E-state index contributed by atoms with van der Waals surface area (Å²) in [6.45, 7) is 0. The zero-order valence-electron chi connectivity index (χ0n) is 8.61. The van der Waals surface area contributed by atoms with E-state index in [9.17, 15) is 4.79 Å². The minimum Gasteiger partial charge on any atom is -0.493 e. The molecule has 3 N–H and O–H groups in total. The van der Waals surface area contributed by atoms with Crippen molar-refractivity contribution in [1.82, 2.24) is 5.73 Å². The number of nitrogens with two attached hydrogens (primary N) is 1. The van der Waals surface area contributed by atoms with Crippen LogP contribution in [0.3, 0.4) is 0 Å². The molecule has 5 heteroatoms. The van der Waals surface area contributed by atoms with Crippen molar-refractivity contribution in [2.24, 2.45) is 5.73 Å². The van der Waals surface area contributed by atoms with Gasteiger partial charge in [-0.2, -0.15) is 0 Å². The minimum atomic E-state index is -0.940. The summed E-state index contributed by atoms with van der Waals surface area (Å²) >= 11 is 0. The zero-order valence-corrected chi connectivity index (χ0v) is 8.61. The molecule has 0 aliphatic rings. The summed E-state index contributed by atoms with van der Waals surface area (Å²) < 4.78 is 10.1. The monoisotopic (exact) mass is 209 g/mol. The number of rotatable bonds is 4. The van der Waals surface area contributed by atoms with Crippen molar-refractivity contribution in [3.63, 3.8) is 0 Å². The fourth-order valence-electron chi connectivity index (χ4n) is 1.20. The summed E-state index contributed by atoms with van der Waals surface area (Å²) in [5.74, 6) is 0.222. The SMILES string of the molecule is COc1ccc(C(N)C([NH])=O)cc1OC. The van der Waals surface area contributed by atoms with Gasteiger partial charge in [-0.3, -0.25) is 10.5 Å². The first-order chi connectivity index (χ1) is 7.10. The molecule has 1 aromatic rings. The van der Waals surface area contributed by atoms with Crippen molar-refractivity contribution in [3.05, 3.63) is 23.8 Å². The van der Waals surface area contributed by atoms with E-state index >= 15 is 0 Å². The number of hydrogen-bond donors (Lipinski definition) is 1. The smallest absolute Gasteiger partial charge is 0.259 e. The fourth-order valence-corrected chi connectivity index (χ4v) is 1.20. The van der Waals surface area contributed by atoms with Crippen molar-refractivity contribution < 1.29 is 14.3 Å². The van der Waals surface area contributed by atoms with Gasteiger partial charge >= 0.3 is 0 Å². The molecule has 0 saturated carbocycles. The highest BCUT2D eigenvalue weighted by molar-refractivity contribution is 5.80. The van der Waals surface area contributed by atoms with Crippen LogP contribution < -0.4 is 20.9 Å². The third kappa shape index (κ3) is 2.38. The number of hydrogen-bond acceptors (Lipinski definition) is 4. The summed E-state index contributed by atoms with van der Waals surface area (Å²) in [6, 6.07) is 3.94. The Morgan fingerprint density at radius 1 is 1.33 bits per heavy atom. The van der Waals surface area contributed by atoms with Gasteiger partial charge in [0.2, 0.25) is 0 Å². The molecular weight excluding hydrogens is 196 g/mol. The molecule has 1 rings (SSSR count). The van der Waals surface area contributed by atoms with Gasteiger partial charge in [0, 0.05) is 0 Å². The van der Waals surface area contributed by atoms with Gasteiger partial charge in [-0.1, -0.05) is 6.07 Å². The Balaban J connectivity index is 3.07. The van der Waals surface area contributed by atoms with Crippen LogP contribution in [0.5, 0.6) is 11.5 Å². The summed E-state index contributed by atoms with van der Waals surface area (Å²) in [6.07, 6.45) is 0. The molecule has 1 aromatic carbocycles. The second-order valence-electron chi connectivity index (χ2n) is 2.96. The molecule has 1 radical (unpaired) electrons. The molecule has 0 bridgehead atoms. The number of carbonyl (C=O) groups excluding carboxylic acids is 1. The van der Waals surface area contributed by atoms with Crippen LogP contribution in [0.4, 0.5) is 0 Å². The van der Waals surface area contributed by atoms with Crippen molar-refractivity contribution in [1.29, 1.82) is 0 Å². The maximum atomic E-state index is 10.8. The van der Waals surface area contributed by atoms with Crippen LogP contribution in [0.1, 0.15) is 11.6 Å². The van der Waals surface area contributed by atoms with E-state index in [0.717, 1.165) is 0 Å². The van der Waals surface area contributed by atoms with E-state index in [1.54, 1.807) is 18.2 Å². The topological polar surface area (TPSA) is 85.4 Å². The maximum Gasteiger partial charge on any atom is 0.259 e. The average Bonchev–Trinajstić information content (AvgIpc) is 2.26. The summed E-state index contributed by atoms with van der Waals surface area (Å²) in [4.78, 5) is 10.8. The Morgan fingerprint density at radius 2 is 1.93 bits per heavy atom. The molecular formula is C10H13N2O3. The largest absolute Gasteiger partial charge is 0.493 e. The van der Waals surface area contributed by atoms with Crippen LogP contribution in [-0.4, -0.2) is 20.1 Å². The molecule has 0 aliphatic heterocycles. The van der Waals surface area contributed by atoms with Gasteiger partial charge in [0.25, 0.3) is 5.91 Å². The highest BCUT2D eigenvalue weighted by Crippen LogP contribution is 2.29. The lowest BCUT2D eigenvalue weighted by atomic mass is 10.1. The molecule has 0 aliphatic carbocycles. The first kappa shape index (κ1) is 11.3. The minimum absolute atomic E-state index is 0.492. The Morgan fingerprint density at radius 3 is 2.40 bits per heavy atom. The first-order valence-electron chi connectivity index (χ1n) is 4.33. The molecule has 81 valence electrons. The van der Waals surface area contributed by atoms with Gasteiger partial charge in [-0.25, -0.2) is 0 Å². The first-order valence-corrected chi connectivity index (χ1v) is 4.33. The number of methoxy groups -OCH3 is 2. The van der Waals surface area contributed by atoms with Gasteiger partial charge in [-0.15, -0.1) is 0 Å². The van der Waals surface area contributed by atoms with Crippen LogP contribution in [0, 0.1) is 0 Å². The Bertz CT molecular complexity index is 366. The predicted molar refractivity (Wildman–Crippen MR) is 54.6 cm³/mol. The second-order valence-corrected chi connectivity index (χ2v) is 2.96. The van der Waals surface area contributed by atoms with Crippen LogP contribution >= 0.6 is 0 Å². The van der Waals surface area contributed by atoms with Crippen LogP contribution in [0.25, 0.3) is 0 Å². The lowest BCUT2D eigenvalue weighted by Gasteiger charge is -2.11. The maximum absolute atomic E-state index is 10.8. The molecule has 5 nitrogen and oxygen atoms in total. The normalized spacial score (nSPS) is 11.9. The van der Waals surface area contributed by atoms with E-state index in [1.807, 2.05) is 0 Å². The highest BCUT2D eigenvalue weighted by Gasteiger charge is 2.15. The highest BCUT2D eigenvalue weighted by atomic mass is 16.5. The molecule has 1 atom stereocenters. The summed E-state index contributed by atoms with van der Waals surface area (Å²) in [5.41, 5.74) is 13.0. The van der Waals surface area contributed by atoms with Gasteiger partial charge in [0.05, 0.1) is 14.2 Å². The molecule has 0 aromatic heterocycles. The predicted octanol–water partition coefficient (Wildman–Crippen LogP) is 0.513. The summed E-state index contributed by atoms with van der Waals surface area (Å²) in [7, 11) is 3.02. The third-order valence-electron chi connectivity index (χ3n) is 2.05. The van der Waals surface area contributed by atoms with E-state index in [2.05, 4.69) is 0 Å². The summed E-state index contributed by atoms with van der Waals surface area (Å²) in [5, 5.41) is 0. The van der Waals surface area contributed by atoms with Gasteiger partial charge in [0.1, 0.15) is 6.04 Å². The Hall–Kier alpha value is -1.75. The lowest BCUT2D eigenvalue weighted by molar-refractivity contribution is -0.120. The molecule has 0 fully saturated rings. The molecule has 1 unspecified atom stereocenters. The van der Waals surface area contributed by atoms with Crippen LogP contribution in [0.15, 0.2) is 18.2 Å². The average molecular weight is 209 g/mol. The van der Waals surface area contributed by atoms with Crippen LogP contribution in [0.2, 0.25) is 0 Å². The zero-order chi connectivity index (χ0) is 11.4. The van der Waals surface area contributed by atoms with E-state index in [4.69, 9.17) is 20.9 Å². The van der Waals surface area contributed by atoms with Crippen LogP contribution in [-0.2, 0) is 4.79 Å².